The van der Waals surface area contributed by atoms with Crippen LogP contribution >= 0.6 is 15.9 Å². The van der Waals surface area contributed by atoms with Gasteiger partial charge in [0, 0.05) is 12.7 Å². The molecule has 1 aromatic carbocycles. The summed E-state index contributed by atoms with van der Waals surface area (Å²) in [6, 6.07) is 6.53. The molecule has 0 saturated carbocycles. The molecule has 2 N–H and O–H groups in total. The van der Waals surface area contributed by atoms with Crippen molar-refractivity contribution >= 4 is 15.9 Å². The van der Waals surface area contributed by atoms with Gasteiger partial charge in [-0.25, -0.2) is 0 Å². The van der Waals surface area contributed by atoms with Crippen LogP contribution < -0.4 is 5.73 Å². The summed E-state index contributed by atoms with van der Waals surface area (Å²) in [5.41, 5.74) is 9.63. The number of hydrogen-bond acceptors (Lipinski definition) is 2. The molecule has 0 aliphatic rings. The molecular formula is C13H16BrN3. The second-order valence-corrected chi connectivity index (χ2v) is 5.17. The predicted octanol–water partition coefficient (Wildman–Crippen LogP) is 2.81. The molecule has 2 rings (SSSR count). The van der Waals surface area contributed by atoms with E-state index in [1.165, 1.54) is 16.7 Å². The van der Waals surface area contributed by atoms with Gasteiger partial charge in [0.1, 0.15) is 0 Å². The first-order valence-electron chi connectivity index (χ1n) is 5.58. The standard InChI is InChI=1S/C13H16BrN3/c1-9-3-4-12(10(2)5-9)13(6-15)17-8-11(14)7-16-17/h3-5,7-8,13H,6,15H2,1-2H3. The van der Waals surface area contributed by atoms with Crippen LogP contribution in [-0.4, -0.2) is 16.3 Å². The maximum Gasteiger partial charge on any atom is 0.0893 e. The van der Waals surface area contributed by atoms with Crippen LogP contribution in [-0.2, 0) is 0 Å². The van der Waals surface area contributed by atoms with E-state index in [1.54, 1.807) is 6.20 Å². The normalized spacial score (nSPS) is 12.7. The highest BCUT2D eigenvalue weighted by molar-refractivity contribution is 9.10. The van der Waals surface area contributed by atoms with Crippen LogP contribution in [0.25, 0.3) is 0 Å². The molecule has 1 unspecified atom stereocenters. The molecule has 0 spiro atoms. The van der Waals surface area contributed by atoms with Gasteiger partial charge in [0.25, 0.3) is 0 Å². The Labute approximate surface area is 110 Å². The monoisotopic (exact) mass is 293 g/mol. The van der Waals surface area contributed by atoms with Crippen molar-refractivity contribution in [3.05, 3.63) is 51.8 Å². The number of aryl methyl sites for hydroxylation is 2. The molecule has 3 nitrogen and oxygen atoms in total. The molecule has 0 bridgehead atoms. The van der Waals surface area contributed by atoms with Gasteiger partial charge in [-0.1, -0.05) is 23.8 Å². The average molecular weight is 294 g/mol. The molecule has 0 radical (unpaired) electrons. The van der Waals surface area contributed by atoms with Gasteiger partial charge in [0.05, 0.1) is 16.7 Å². The first kappa shape index (κ1) is 12.3. The third-order valence-electron chi connectivity index (χ3n) is 2.90. The highest BCUT2D eigenvalue weighted by Gasteiger charge is 2.15. The molecule has 4 heteroatoms. The van der Waals surface area contributed by atoms with E-state index >= 15 is 0 Å². The van der Waals surface area contributed by atoms with Crippen LogP contribution in [0.2, 0.25) is 0 Å². The largest absolute Gasteiger partial charge is 0.328 e. The molecular weight excluding hydrogens is 278 g/mol. The highest BCUT2D eigenvalue weighted by Crippen LogP contribution is 2.22. The summed E-state index contributed by atoms with van der Waals surface area (Å²) in [5.74, 6) is 0. The van der Waals surface area contributed by atoms with E-state index in [9.17, 15) is 0 Å². The topological polar surface area (TPSA) is 43.8 Å². The molecule has 17 heavy (non-hydrogen) atoms. The Hall–Kier alpha value is -1.13. The Balaban J connectivity index is 2.42. The zero-order valence-electron chi connectivity index (χ0n) is 10.0. The summed E-state index contributed by atoms with van der Waals surface area (Å²) < 4.78 is 2.88. The van der Waals surface area contributed by atoms with Crippen LogP contribution in [0.1, 0.15) is 22.7 Å². The van der Waals surface area contributed by atoms with Crippen molar-refractivity contribution in [2.45, 2.75) is 19.9 Å². The summed E-state index contributed by atoms with van der Waals surface area (Å²) in [6.45, 7) is 4.75. The fourth-order valence-corrected chi connectivity index (χ4v) is 2.36. The van der Waals surface area contributed by atoms with Crippen LogP contribution in [0.15, 0.2) is 35.1 Å². The number of halogens is 1. The second kappa shape index (κ2) is 5.02. The molecule has 0 fully saturated rings. The van der Waals surface area contributed by atoms with Crippen LogP contribution in [0.5, 0.6) is 0 Å². The Bertz CT molecular complexity index is 519. The lowest BCUT2D eigenvalue weighted by atomic mass is 9.99. The molecule has 0 amide bonds. The van der Waals surface area contributed by atoms with Crippen molar-refractivity contribution in [1.82, 2.24) is 9.78 Å². The molecule has 2 aromatic rings. The maximum absolute atomic E-state index is 5.88. The van der Waals surface area contributed by atoms with E-state index in [4.69, 9.17) is 5.73 Å². The van der Waals surface area contributed by atoms with Crippen molar-refractivity contribution < 1.29 is 0 Å². The van der Waals surface area contributed by atoms with Crippen molar-refractivity contribution in [1.29, 1.82) is 0 Å². The summed E-state index contributed by atoms with van der Waals surface area (Å²) in [6.07, 6.45) is 3.74. The Kier molecular flexibility index (Phi) is 3.64. The number of hydrogen-bond donors (Lipinski definition) is 1. The minimum absolute atomic E-state index is 0.0990. The third-order valence-corrected chi connectivity index (χ3v) is 3.31. The van der Waals surface area contributed by atoms with Crippen LogP contribution in [0, 0.1) is 13.8 Å². The summed E-state index contributed by atoms with van der Waals surface area (Å²) in [7, 11) is 0. The summed E-state index contributed by atoms with van der Waals surface area (Å²) in [4.78, 5) is 0. The first-order chi connectivity index (χ1) is 8.11. The van der Waals surface area contributed by atoms with Crippen molar-refractivity contribution in [2.24, 2.45) is 5.73 Å². The molecule has 90 valence electrons. The number of aromatic nitrogens is 2. The third kappa shape index (κ3) is 2.58. The zero-order chi connectivity index (χ0) is 12.4. The quantitative estimate of drug-likeness (QED) is 0.946. The Morgan fingerprint density at radius 3 is 2.71 bits per heavy atom. The van der Waals surface area contributed by atoms with E-state index in [2.05, 4.69) is 53.1 Å². The maximum atomic E-state index is 5.88. The van der Waals surface area contributed by atoms with Gasteiger partial charge in [-0.05, 0) is 40.9 Å². The molecule has 1 aromatic heterocycles. The minimum Gasteiger partial charge on any atom is -0.328 e. The SMILES string of the molecule is Cc1ccc(C(CN)n2cc(Br)cn2)c(C)c1. The lowest BCUT2D eigenvalue weighted by molar-refractivity contribution is 0.529. The molecule has 1 atom stereocenters. The average Bonchev–Trinajstić information content (AvgIpc) is 2.69. The van der Waals surface area contributed by atoms with Crippen molar-refractivity contribution in [2.75, 3.05) is 6.54 Å². The van der Waals surface area contributed by atoms with Crippen LogP contribution in [0.3, 0.4) is 0 Å². The van der Waals surface area contributed by atoms with Gasteiger partial charge in [-0.3, -0.25) is 4.68 Å². The molecule has 0 saturated heterocycles. The predicted molar refractivity (Wildman–Crippen MR) is 73.0 cm³/mol. The van der Waals surface area contributed by atoms with Gasteiger partial charge >= 0.3 is 0 Å². The number of nitrogens with two attached hydrogens (primary N) is 1. The van der Waals surface area contributed by atoms with Gasteiger partial charge < -0.3 is 5.73 Å². The van der Waals surface area contributed by atoms with E-state index in [1.807, 2.05) is 10.9 Å². The molecule has 0 aliphatic carbocycles. The number of benzene rings is 1. The summed E-state index contributed by atoms with van der Waals surface area (Å²) in [5, 5.41) is 4.32. The molecule has 1 heterocycles. The Morgan fingerprint density at radius 2 is 2.18 bits per heavy atom. The van der Waals surface area contributed by atoms with Crippen LogP contribution in [0.4, 0.5) is 0 Å². The van der Waals surface area contributed by atoms with Gasteiger partial charge in [0.2, 0.25) is 0 Å². The number of nitrogens with zero attached hydrogens (tertiary/aromatic N) is 2. The van der Waals surface area contributed by atoms with Gasteiger partial charge in [0.15, 0.2) is 0 Å². The Morgan fingerprint density at radius 1 is 1.41 bits per heavy atom. The van der Waals surface area contributed by atoms with Gasteiger partial charge in [-0.2, -0.15) is 5.10 Å². The highest BCUT2D eigenvalue weighted by atomic mass is 79.9. The zero-order valence-corrected chi connectivity index (χ0v) is 11.6. The van der Waals surface area contributed by atoms with Crippen molar-refractivity contribution in [3.63, 3.8) is 0 Å². The van der Waals surface area contributed by atoms with Gasteiger partial charge in [-0.15, -0.1) is 0 Å². The lowest BCUT2D eigenvalue weighted by Crippen LogP contribution is -2.21. The second-order valence-electron chi connectivity index (χ2n) is 4.25. The fraction of sp³-hybridized carbons (Fsp3) is 0.308. The summed E-state index contributed by atoms with van der Waals surface area (Å²) >= 11 is 3.41. The van der Waals surface area contributed by atoms with E-state index in [-0.39, 0.29) is 6.04 Å². The van der Waals surface area contributed by atoms with Crippen molar-refractivity contribution in [3.8, 4) is 0 Å². The van der Waals surface area contributed by atoms with E-state index in [0.717, 1.165) is 4.47 Å². The number of rotatable bonds is 3. The van der Waals surface area contributed by atoms with E-state index in [0.29, 0.717) is 6.54 Å². The first-order valence-corrected chi connectivity index (χ1v) is 6.38. The molecule has 0 aliphatic heterocycles. The van der Waals surface area contributed by atoms with E-state index < -0.39 is 0 Å². The lowest BCUT2D eigenvalue weighted by Gasteiger charge is -2.18. The smallest absolute Gasteiger partial charge is 0.0893 e. The fourth-order valence-electron chi connectivity index (χ4n) is 2.06. The minimum atomic E-state index is 0.0990.